The van der Waals surface area contributed by atoms with E-state index in [0.717, 1.165) is 17.3 Å². The van der Waals surface area contributed by atoms with E-state index in [0.29, 0.717) is 10.6 Å². The minimum absolute atomic E-state index is 0.0557. The monoisotopic (exact) mass is 346 g/mol. The van der Waals surface area contributed by atoms with Crippen LogP contribution >= 0.6 is 15.9 Å². The first-order valence-electron chi connectivity index (χ1n) is 6.16. The van der Waals surface area contributed by atoms with Crippen molar-refractivity contribution in [1.82, 2.24) is 5.32 Å². The van der Waals surface area contributed by atoms with Crippen molar-refractivity contribution in [1.29, 1.82) is 0 Å². The number of carbonyl (C=O) groups is 1. The zero-order valence-corrected chi connectivity index (χ0v) is 13.5. The molecule has 0 heterocycles. The predicted molar refractivity (Wildman–Crippen MR) is 82.3 cm³/mol. The molecule has 0 bridgehead atoms. The van der Waals surface area contributed by atoms with E-state index in [1.165, 1.54) is 0 Å². The lowest BCUT2D eigenvalue weighted by molar-refractivity contribution is -0.119. The molecule has 0 saturated carbocycles. The Bertz CT molecular complexity index is 480. The Kier molecular flexibility index (Phi) is 6.51. The molecule has 2 atom stereocenters. The third kappa shape index (κ3) is 5.32. The van der Waals surface area contributed by atoms with Crippen LogP contribution in [-0.4, -0.2) is 21.9 Å². The van der Waals surface area contributed by atoms with Crippen molar-refractivity contribution >= 4 is 38.3 Å². The lowest BCUT2D eigenvalue weighted by Crippen LogP contribution is -2.35. The zero-order chi connectivity index (χ0) is 14.4. The third-order valence-corrected chi connectivity index (χ3v) is 4.49. The lowest BCUT2D eigenvalue weighted by atomic mass is 10.2. The van der Waals surface area contributed by atoms with Gasteiger partial charge in [0.25, 0.3) is 0 Å². The van der Waals surface area contributed by atoms with Crippen LogP contribution in [0.1, 0.15) is 26.7 Å². The van der Waals surface area contributed by atoms with E-state index < -0.39 is 10.8 Å². The molecule has 0 fully saturated rings. The second-order valence-corrected chi connectivity index (χ2v) is 6.76. The van der Waals surface area contributed by atoms with E-state index in [1.54, 1.807) is 18.2 Å². The molecule has 1 aromatic rings. The van der Waals surface area contributed by atoms with Crippen molar-refractivity contribution in [3.63, 3.8) is 0 Å². The number of nitrogens with two attached hydrogens (primary N) is 1. The molecule has 19 heavy (non-hydrogen) atoms. The van der Waals surface area contributed by atoms with Gasteiger partial charge < -0.3 is 11.1 Å². The van der Waals surface area contributed by atoms with Gasteiger partial charge in [-0.2, -0.15) is 0 Å². The number of halogens is 1. The fraction of sp³-hybridized carbons (Fsp3) is 0.462. The van der Waals surface area contributed by atoms with Crippen molar-refractivity contribution in [2.45, 2.75) is 37.6 Å². The molecule has 3 N–H and O–H groups in total. The van der Waals surface area contributed by atoms with Crippen molar-refractivity contribution in [3.8, 4) is 0 Å². The summed E-state index contributed by atoms with van der Waals surface area (Å²) >= 11 is 3.29. The van der Waals surface area contributed by atoms with Gasteiger partial charge in [-0.05, 0) is 31.5 Å². The number of hydrogen-bond donors (Lipinski definition) is 2. The molecular formula is C13H19BrN2O2S. The first-order valence-corrected chi connectivity index (χ1v) is 8.28. The summed E-state index contributed by atoms with van der Waals surface area (Å²) in [7, 11) is -1.41. The molecule has 0 aliphatic rings. The quantitative estimate of drug-likeness (QED) is 0.777. The number of carbonyl (C=O) groups excluding carboxylic acids is 1. The predicted octanol–water partition coefficient (Wildman–Crippen LogP) is 2.44. The molecule has 0 aliphatic carbocycles. The summed E-state index contributed by atoms with van der Waals surface area (Å²) < 4.78 is 12.9. The van der Waals surface area contributed by atoms with Gasteiger partial charge in [0.2, 0.25) is 5.91 Å². The van der Waals surface area contributed by atoms with E-state index in [9.17, 15) is 9.00 Å². The first kappa shape index (κ1) is 16.2. The zero-order valence-electron chi connectivity index (χ0n) is 11.1. The molecule has 1 amide bonds. The molecule has 1 aromatic carbocycles. The van der Waals surface area contributed by atoms with Gasteiger partial charge in [-0.25, -0.2) is 0 Å². The van der Waals surface area contributed by atoms with Crippen LogP contribution in [0.2, 0.25) is 0 Å². The van der Waals surface area contributed by atoms with Gasteiger partial charge in [-0.15, -0.1) is 0 Å². The van der Waals surface area contributed by atoms with Gasteiger partial charge >= 0.3 is 0 Å². The molecular weight excluding hydrogens is 328 g/mol. The van der Waals surface area contributed by atoms with Crippen LogP contribution in [0.5, 0.6) is 0 Å². The molecule has 0 aromatic heterocycles. The van der Waals surface area contributed by atoms with Crippen molar-refractivity contribution < 1.29 is 9.00 Å². The fourth-order valence-corrected chi connectivity index (χ4v) is 3.14. The van der Waals surface area contributed by atoms with E-state index in [1.807, 2.05) is 6.92 Å². The number of nitrogens with one attached hydrogen (secondary N) is 1. The number of rotatable bonds is 6. The summed E-state index contributed by atoms with van der Waals surface area (Å²) in [6, 6.07) is 5.24. The standard InChI is InChI=1S/C13H19BrN2O2S/c1-3-4-9(2)16-13(17)8-19(18)12-6-5-10(14)7-11(12)15/h5-7,9H,3-4,8,15H2,1-2H3,(H,16,17). The summed E-state index contributed by atoms with van der Waals surface area (Å²) in [5, 5.41) is 2.83. The van der Waals surface area contributed by atoms with Crippen molar-refractivity contribution in [3.05, 3.63) is 22.7 Å². The van der Waals surface area contributed by atoms with Crippen LogP contribution in [0, 0.1) is 0 Å². The molecule has 2 unspecified atom stereocenters. The number of amides is 1. The highest BCUT2D eigenvalue weighted by Crippen LogP contribution is 2.21. The smallest absolute Gasteiger partial charge is 0.233 e. The molecule has 1 rings (SSSR count). The van der Waals surface area contributed by atoms with Crippen LogP contribution in [0.15, 0.2) is 27.6 Å². The Balaban J connectivity index is 2.62. The second-order valence-electron chi connectivity index (χ2n) is 4.43. The molecule has 0 aliphatic heterocycles. The summed E-state index contributed by atoms with van der Waals surface area (Å²) in [6.07, 6.45) is 1.92. The number of anilines is 1. The maximum Gasteiger partial charge on any atom is 0.233 e. The van der Waals surface area contributed by atoms with Crippen LogP contribution in [-0.2, 0) is 15.6 Å². The Labute approximate surface area is 124 Å². The largest absolute Gasteiger partial charge is 0.398 e. The summed E-state index contributed by atoms with van der Waals surface area (Å²) in [5.41, 5.74) is 6.22. The van der Waals surface area contributed by atoms with Crippen LogP contribution in [0.3, 0.4) is 0 Å². The Morgan fingerprint density at radius 2 is 2.21 bits per heavy atom. The number of benzene rings is 1. The van der Waals surface area contributed by atoms with Gasteiger partial charge in [0.15, 0.2) is 0 Å². The Morgan fingerprint density at radius 3 is 2.79 bits per heavy atom. The van der Waals surface area contributed by atoms with Crippen molar-refractivity contribution in [2.24, 2.45) is 0 Å². The lowest BCUT2D eigenvalue weighted by Gasteiger charge is -2.13. The number of hydrogen-bond acceptors (Lipinski definition) is 3. The molecule has 0 radical (unpaired) electrons. The highest BCUT2D eigenvalue weighted by Gasteiger charge is 2.14. The molecule has 0 saturated heterocycles. The number of nitrogen functional groups attached to an aromatic ring is 1. The SMILES string of the molecule is CCCC(C)NC(=O)CS(=O)c1ccc(Br)cc1N. The van der Waals surface area contributed by atoms with Gasteiger partial charge in [0.1, 0.15) is 5.75 Å². The van der Waals surface area contributed by atoms with Crippen LogP contribution < -0.4 is 11.1 Å². The third-order valence-electron chi connectivity index (χ3n) is 2.61. The maximum absolute atomic E-state index is 12.1. The minimum atomic E-state index is -1.41. The average molecular weight is 347 g/mol. The van der Waals surface area contributed by atoms with E-state index in [-0.39, 0.29) is 17.7 Å². The molecule has 6 heteroatoms. The topological polar surface area (TPSA) is 72.2 Å². The van der Waals surface area contributed by atoms with Gasteiger partial charge in [-0.3, -0.25) is 9.00 Å². The highest BCUT2D eigenvalue weighted by molar-refractivity contribution is 9.10. The Hall–Kier alpha value is -0.880. The normalized spacial score (nSPS) is 13.8. The van der Waals surface area contributed by atoms with Gasteiger partial charge in [-0.1, -0.05) is 29.3 Å². The van der Waals surface area contributed by atoms with Gasteiger partial charge in [0.05, 0.1) is 15.7 Å². The molecule has 4 nitrogen and oxygen atoms in total. The summed E-state index contributed by atoms with van der Waals surface area (Å²) in [5.74, 6) is -0.263. The highest BCUT2D eigenvalue weighted by atomic mass is 79.9. The van der Waals surface area contributed by atoms with E-state index >= 15 is 0 Å². The first-order chi connectivity index (χ1) is 8.93. The van der Waals surface area contributed by atoms with Crippen LogP contribution in [0.25, 0.3) is 0 Å². The summed E-state index contributed by atoms with van der Waals surface area (Å²) in [4.78, 5) is 12.2. The maximum atomic E-state index is 12.1. The minimum Gasteiger partial charge on any atom is -0.398 e. The Morgan fingerprint density at radius 1 is 1.53 bits per heavy atom. The molecule has 106 valence electrons. The average Bonchev–Trinajstić information content (AvgIpc) is 2.28. The summed E-state index contributed by atoms with van der Waals surface area (Å²) in [6.45, 7) is 4.00. The van der Waals surface area contributed by atoms with Crippen LogP contribution in [0.4, 0.5) is 5.69 Å². The van der Waals surface area contributed by atoms with E-state index in [2.05, 4.69) is 28.2 Å². The second kappa shape index (κ2) is 7.65. The van der Waals surface area contributed by atoms with Gasteiger partial charge in [0, 0.05) is 16.2 Å². The van der Waals surface area contributed by atoms with Crippen molar-refractivity contribution in [2.75, 3.05) is 11.5 Å². The van der Waals surface area contributed by atoms with E-state index in [4.69, 9.17) is 5.73 Å². The molecule has 0 spiro atoms. The fourth-order valence-electron chi connectivity index (χ4n) is 1.75.